The van der Waals surface area contributed by atoms with E-state index in [0.717, 1.165) is 22.3 Å². The first kappa shape index (κ1) is 21.0. The van der Waals surface area contributed by atoms with Crippen LogP contribution in [0.25, 0.3) is 5.57 Å². The molecule has 1 amide bonds. The molecular formula is C23H25NO4. The van der Waals surface area contributed by atoms with Crippen LogP contribution in [0.3, 0.4) is 0 Å². The number of carbonyl (C=O) groups is 2. The summed E-state index contributed by atoms with van der Waals surface area (Å²) in [6.07, 6.45) is 8.11. The third-order valence-corrected chi connectivity index (χ3v) is 4.58. The van der Waals surface area contributed by atoms with Crippen LogP contribution in [-0.2, 0) is 9.53 Å². The fourth-order valence-electron chi connectivity index (χ4n) is 3.16. The lowest BCUT2D eigenvalue weighted by Crippen LogP contribution is -2.41. The molecule has 0 bridgehead atoms. The lowest BCUT2D eigenvalue weighted by atomic mass is 9.96. The van der Waals surface area contributed by atoms with Gasteiger partial charge < -0.3 is 15.2 Å². The second kappa shape index (κ2) is 10.1. The van der Waals surface area contributed by atoms with E-state index in [0.29, 0.717) is 0 Å². The maximum atomic E-state index is 12.2. The standard InChI is InChI=1S/C23H25NO4/c1-4-6-8-11-18-16(3)17-12-9-10-13-19(17)20(18)15-28-23(27)24-21(22(25)26)14-7-5-2/h4-7,9-13,20-21H,1,14-15H2,2-3H3,(H,24,27)(H,25,26)/b7-5+/t8?,20?,21-/m0/s1. The van der Waals surface area contributed by atoms with Gasteiger partial charge in [-0.3, -0.25) is 0 Å². The summed E-state index contributed by atoms with van der Waals surface area (Å²) in [5, 5.41) is 11.6. The minimum absolute atomic E-state index is 0.109. The molecule has 5 nitrogen and oxygen atoms in total. The molecule has 1 aliphatic carbocycles. The van der Waals surface area contributed by atoms with E-state index < -0.39 is 18.1 Å². The molecule has 1 aromatic rings. The molecule has 0 aromatic heterocycles. The van der Waals surface area contributed by atoms with Crippen molar-refractivity contribution in [2.75, 3.05) is 6.61 Å². The van der Waals surface area contributed by atoms with Gasteiger partial charge in [-0.05, 0) is 54.7 Å². The van der Waals surface area contributed by atoms with Crippen molar-refractivity contribution in [2.24, 2.45) is 0 Å². The molecule has 2 N–H and O–H groups in total. The molecule has 5 heteroatoms. The van der Waals surface area contributed by atoms with Gasteiger partial charge in [0.1, 0.15) is 12.6 Å². The van der Waals surface area contributed by atoms with Gasteiger partial charge in [-0.2, -0.15) is 0 Å². The van der Waals surface area contributed by atoms with Crippen molar-refractivity contribution in [3.05, 3.63) is 83.7 Å². The van der Waals surface area contributed by atoms with Gasteiger partial charge in [0.2, 0.25) is 0 Å². The Hall–Kier alpha value is -3.30. The molecule has 0 saturated carbocycles. The molecular weight excluding hydrogens is 354 g/mol. The highest BCUT2D eigenvalue weighted by atomic mass is 16.5. The molecule has 0 fully saturated rings. The molecule has 0 heterocycles. The highest BCUT2D eigenvalue weighted by Crippen LogP contribution is 2.42. The number of ether oxygens (including phenoxy) is 1. The fourth-order valence-corrected chi connectivity index (χ4v) is 3.16. The quantitative estimate of drug-likeness (QED) is 0.393. The van der Waals surface area contributed by atoms with E-state index in [2.05, 4.69) is 17.6 Å². The summed E-state index contributed by atoms with van der Waals surface area (Å²) in [5.74, 6) is -1.23. The molecule has 0 spiro atoms. The van der Waals surface area contributed by atoms with Crippen molar-refractivity contribution < 1.29 is 19.4 Å². The van der Waals surface area contributed by atoms with Crippen LogP contribution in [0.4, 0.5) is 4.79 Å². The molecule has 28 heavy (non-hydrogen) atoms. The predicted octanol–water partition coefficient (Wildman–Crippen LogP) is 4.60. The first-order valence-corrected chi connectivity index (χ1v) is 9.10. The summed E-state index contributed by atoms with van der Waals surface area (Å²) >= 11 is 0. The molecule has 2 atom stereocenters. The molecule has 2 rings (SSSR count). The fraction of sp³-hybridized carbons (Fsp3) is 0.261. The monoisotopic (exact) mass is 379 g/mol. The van der Waals surface area contributed by atoms with Crippen molar-refractivity contribution in [3.63, 3.8) is 0 Å². The second-order valence-corrected chi connectivity index (χ2v) is 6.37. The average molecular weight is 379 g/mol. The largest absolute Gasteiger partial charge is 0.480 e. The van der Waals surface area contributed by atoms with Crippen LogP contribution in [0.2, 0.25) is 0 Å². The molecule has 1 aromatic carbocycles. The Morgan fingerprint density at radius 3 is 2.82 bits per heavy atom. The number of nitrogens with one attached hydrogen (secondary N) is 1. The van der Waals surface area contributed by atoms with Crippen LogP contribution in [-0.4, -0.2) is 29.8 Å². The zero-order valence-corrected chi connectivity index (χ0v) is 16.1. The molecule has 146 valence electrons. The number of aliphatic carboxylic acids is 1. The number of carbonyl (C=O) groups excluding carboxylic acids is 1. The molecule has 0 saturated heterocycles. The van der Waals surface area contributed by atoms with Crippen molar-refractivity contribution in [1.82, 2.24) is 5.32 Å². The summed E-state index contributed by atoms with van der Waals surface area (Å²) in [6.45, 7) is 7.57. The number of rotatable bonds is 8. The number of allylic oxidation sites excluding steroid dienone is 4. The predicted molar refractivity (Wildman–Crippen MR) is 110 cm³/mol. The van der Waals surface area contributed by atoms with Gasteiger partial charge in [-0.25, -0.2) is 9.59 Å². The van der Waals surface area contributed by atoms with E-state index in [-0.39, 0.29) is 18.9 Å². The van der Waals surface area contributed by atoms with Gasteiger partial charge in [0.25, 0.3) is 0 Å². The number of alkyl carbamates (subject to hydrolysis) is 1. The Labute approximate surface area is 165 Å². The number of carboxylic acid groups (broad SMARTS) is 1. The number of hydrogen-bond donors (Lipinski definition) is 2. The second-order valence-electron chi connectivity index (χ2n) is 6.37. The van der Waals surface area contributed by atoms with Crippen LogP contribution in [0.1, 0.15) is 37.3 Å². The lowest BCUT2D eigenvalue weighted by Gasteiger charge is -2.17. The normalized spacial score (nSPS) is 16.1. The summed E-state index contributed by atoms with van der Waals surface area (Å²) in [7, 11) is 0. The van der Waals surface area contributed by atoms with E-state index >= 15 is 0 Å². The van der Waals surface area contributed by atoms with Crippen molar-refractivity contribution in [1.29, 1.82) is 0 Å². The van der Waals surface area contributed by atoms with Crippen molar-refractivity contribution >= 4 is 17.6 Å². The van der Waals surface area contributed by atoms with Crippen LogP contribution >= 0.6 is 0 Å². The Kier molecular flexibility index (Phi) is 7.61. The lowest BCUT2D eigenvalue weighted by molar-refractivity contribution is -0.139. The number of benzene rings is 1. The Balaban J connectivity index is 2.14. The first-order chi connectivity index (χ1) is 13.5. The van der Waals surface area contributed by atoms with Gasteiger partial charge in [-0.15, -0.1) is 5.73 Å². The molecule has 0 radical (unpaired) electrons. The maximum absolute atomic E-state index is 12.2. The topological polar surface area (TPSA) is 75.6 Å². The van der Waals surface area contributed by atoms with Gasteiger partial charge >= 0.3 is 12.1 Å². The van der Waals surface area contributed by atoms with E-state index in [9.17, 15) is 14.7 Å². The van der Waals surface area contributed by atoms with Gasteiger partial charge in [0.15, 0.2) is 0 Å². The highest BCUT2D eigenvalue weighted by Gasteiger charge is 2.29. The van der Waals surface area contributed by atoms with Crippen LogP contribution < -0.4 is 5.32 Å². The zero-order valence-electron chi connectivity index (χ0n) is 16.1. The Bertz CT molecular complexity index is 872. The summed E-state index contributed by atoms with van der Waals surface area (Å²) in [4.78, 5) is 23.4. The smallest absolute Gasteiger partial charge is 0.407 e. The van der Waals surface area contributed by atoms with Gasteiger partial charge in [-0.1, -0.05) is 49.1 Å². The van der Waals surface area contributed by atoms with E-state index in [1.807, 2.05) is 37.3 Å². The van der Waals surface area contributed by atoms with Crippen LogP contribution in [0.15, 0.2) is 72.5 Å². The third-order valence-electron chi connectivity index (χ3n) is 4.58. The minimum Gasteiger partial charge on any atom is -0.480 e. The van der Waals surface area contributed by atoms with Gasteiger partial charge in [0, 0.05) is 5.92 Å². The Morgan fingerprint density at radius 1 is 1.39 bits per heavy atom. The van der Waals surface area contributed by atoms with E-state index in [1.165, 1.54) is 0 Å². The average Bonchev–Trinajstić information content (AvgIpc) is 2.95. The molecule has 0 aliphatic heterocycles. The minimum atomic E-state index is -1.10. The van der Waals surface area contributed by atoms with Gasteiger partial charge in [0.05, 0.1) is 0 Å². The zero-order chi connectivity index (χ0) is 20.5. The van der Waals surface area contributed by atoms with Crippen LogP contribution in [0, 0.1) is 0 Å². The molecule has 1 unspecified atom stereocenters. The van der Waals surface area contributed by atoms with Crippen molar-refractivity contribution in [2.45, 2.75) is 32.2 Å². The van der Waals surface area contributed by atoms with Crippen molar-refractivity contribution in [3.8, 4) is 0 Å². The number of amides is 1. The SMILES string of the molecule is C=CC=C=CC1=C(C)c2ccccc2C1COC(=O)N[C@@H](C/C=C/C)C(=O)O. The summed E-state index contributed by atoms with van der Waals surface area (Å²) in [5.41, 5.74) is 7.36. The van der Waals surface area contributed by atoms with E-state index in [1.54, 1.807) is 31.2 Å². The maximum Gasteiger partial charge on any atom is 0.407 e. The summed E-state index contributed by atoms with van der Waals surface area (Å²) < 4.78 is 5.38. The van der Waals surface area contributed by atoms with E-state index in [4.69, 9.17) is 4.74 Å². The first-order valence-electron chi connectivity index (χ1n) is 9.10. The molecule has 1 aliphatic rings. The number of carboxylic acids is 1. The highest BCUT2D eigenvalue weighted by molar-refractivity contribution is 5.81. The number of fused-ring (bicyclic) bond motifs is 1. The summed E-state index contributed by atoms with van der Waals surface area (Å²) in [6, 6.07) is 6.94. The number of hydrogen-bond acceptors (Lipinski definition) is 3. The Morgan fingerprint density at radius 2 is 2.14 bits per heavy atom. The van der Waals surface area contributed by atoms with Crippen LogP contribution in [0.5, 0.6) is 0 Å². The third kappa shape index (κ3) is 5.12.